The number of aliphatic imine (C=N–C) groups is 1. The van der Waals surface area contributed by atoms with E-state index in [1.54, 1.807) is 19.5 Å². The van der Waals surface area contributed by atoms with Gasteiger partial charge in [0.2, 0.25) is 0 Å². The van der Waals surface area contributed by atoms with Crippen LogP contribution in [0.25, 0.3) is 0 Å². The summed E-state index contributed by atoms with van der Waals surface area (Å²) >= 11 is 0. The molecule has 2 unspecified atom stereocenters. The Bertz CT molecular complexity index is 1520. The summed E-state index contributed by atoms with van der Waals surface area (Å²) in [4.78, 5) is 27.0. The maximum absolute atomic E-state index is 13.2. The summed E-state index contributed by atoms with van der Waals surface area (Å²) in [6.45, 7) is 11.4. The normalized spacial score (nSPS) is 16.4. The van der Waals surface area contributed by atoms with E-state index >= 15 is 0 Å². The van der Waals surface area contributed by atoms with Gasteiger partial charge in [0.25, 0.3) is 0 Å². The Morgan fingerprint density at radius 2 is 1.87 bits per heavy atom. The largest absolute Gasteiger partial charge is 0.494 e. The molecule has 45 heavy (non-hydrogen) atoms. The van der Waals surface area contributed by atoms with Crippen LogP contribution < -0.4 is 20.1 Å². The van der Waals surface area contributed by atoms with Crippen molar-refractivity contribution < 1.29 is 19.0 Å². The Hall–Kier alpha value is -4.42. The van der Waals surface area contributed by atoms with E-state index in [0.29, 0.717) is 41.0 Å². The van der Waals surface area contributed by atoms with Gasteiger partial charge < -0.3 is 24.8 Å². The van der Waals surface area contributed by atoms with Crippen LogP contribution in [0.1, 0.15) is 82.6 Å². The van der Waals surface area contributed by atoms with E-state index < -0.39 is 0 Å². The van der Waals surface area contributed by atoms with Crippen LogP contribution in [0.4, 0.5) is 23.0 Å². The first kappa shape index (κ1) is 33.5. The van der Waals surface area contributed by atoms with Gasteiger partial charge in [-0.1, -0.05) is 19.9 Å². The Kier molecular flexibility index (Phi) is 12.3. The number of pyridine rings is 2. The highest BCUT2D eigenvalue weighted by Gasteiger charge is 2.32. The number of carbonyl (C=O) groups is 1. The van der Waals surface area contributed by atoms with E-state index in [1.807, 2.05) is 57.2 Å². The lowest BCUT2D eigenvalue weighted by atomic mass is 10.1. The smallest absolute Gasteiger partial charge is 0.169 e. The highest BCUT2D eigenvalue weighted by Crippen LogP contribution is 2.38. The Balaban J connectivity index is 0.000000854. The molecule has 9 heteroatoms. The molecule has 1 aliphatic carbocycles. The lowest BCUT2D eigenvalue weighted by Crippen LogP contribution is -2.15. The second-order valence-corrected chi connectivity index (χ2v) is 11.1. The number of anilines is 4. The topological polar surface area (TPSA) is 107 Å². The molecule has 2 N–H and O–H groups in total. The number of nitrogens with zero attached hydrogens (tertiary/aromatic N) is 3. The van der Waals surface area contributed by atoms with Crippen LogP contribution in [0, 0.1) is 17.8 Å². The van der Waals surface area contributed by atoms with Crippen molar-refractivity contribution in [3.05, 3.63) is 59.9 Å². The summed E-state index contributed by atoms with van der Waals surface area (Å²) in [5.41, 5.74) is 3.77. The van der Waals surface area contributed by atoms with Gasteiger partial charge in [0.1, 0.15) is 23.5 Å². The Labute approximate surface area is 267 Å². The van der Waals surface area contributed by atoms with Gasteiger partial charge in [0.05, 0.1) is 43.5 Å². The Morgan fingerprint density at radius 1 is 1.07 bits per heavy atom. The molecule has 0 radical (unpaired) electrons. The van der Waals surface area contributed by atoms with Crippen LogP contribution in [-0.2, 0) is 4.74 Å². The summed E-state index contributed by atoms with van der Waals surface area (Å²) < 4.78 is 17.1. The van der Waals surface area contributed by atoms with Gasteiger partial charge in [-0.25, -0.2) is 9.97 Å². The molecule has 2 aromatic heterocycles. The van der Waals surface area contributed by atoms with Gasteiger partial charge in [0, 0.05) is 48.3 Å². The number of benzene rings is 1. The van der Waals surface area contributed by atoms with Crippen molar-refractivity contribution in [2.24, 2.45) is 10.9 Å². The van der Waals surface area contributed by atoms with Gasteiger partial charge in [0.15, 0.2) is 11.5 Å². The minimum absolute atomic E-state index is 0.0544. The maximum atomic E-state index is 13.2. The van der Waals surface area contributed by atoms with Crippen molar-refractivity contribution in [1.82, 2.24) is 9.97 Å². The molecule has 0 spiro atoms. The van der Waals surface area contributed by atoms with Gasteiger partial charge in [-0.3, -0.25) is 9.79 Å². The molecule has 1 saturated heterocycles. The average Bonchev–Trinajstić information content (AvgIpc) is 3.78. The zero-order valence-corrected chi connectivity index (χ0v) is 27.3. The molecule has 1 aliphatic heterocycles. The minimum atomic E-state index is 0.0544. The average molecular weight is 612 g/mol. The summed E-state index contributed by atoms with van der Waals surface area (Å²) in [6, 6.07) is 11.7. The van der Waals surface area contributed by atoms with Crippen LogP contribution >= 0.6 is 0 Å². The molecule has 1 saturated carbocycles. The number of aromatic nitrogens is 2. The first-order valence-corrected chi connectivity index (χ1v) is 15.8. The summed E-state index contributed by atoms with van der Waals surface area (Å²) in [7, 11) is 1.65. The second-order valence-electron chi connectivity index (χ2n) is 11.1. The van der Waals surface area contributed by atoms with Crippen molar-refractivity contribution >= 4 is 34.5 Å². The maximum Gasteiger partial charge on any atom is 0.169 e. The number of para-hydroxylation sites is 1. The van der Waals surface area contributed by atoms with E-state index in [9.17, 15) is 4.79 Å². The molecule has 2 atom stereocenters. The third kappa shape index (κ3) is 9.53. The van der Waals surface area contributed by atoms with E-state index in [-0.39, 0.29) is 23.8 Å². The molecule has 2 fully saturated rings. The zero-order valence-electron chi connectivity index (χ0n) is 27.3. The van der Waals surface area contributed by atoms with Gasteiger partial charge >= 0.3 is 0 Å². The molecule has 9 nitrogen and oxygen atoms in total. The van der Waals surface area contributed by atoms with Crippen LogP contribution in [-0.4, -0.2) is 53.9 Å². The van der Waals surface area contributed by atoms with Gasteiger partial charge in [-0.05, 0) is 64.3 Å². The highest BCUT2D eigenvalue weighted by atomic mass is 16.5. The molecule has 3 aromatic rings. The van der Waals surface area contributed by atoms with E-state index in [0.717, 1.165) is 55.7 Å². The molecule has 2 aliphatic rings. The predicted octanol–water partition coefficient (Wildman–Crippen LogP) is 7.76. The number of carbonyl (C=O) groups excluding carboxylic acids is 1. The van der Waals surface area contributed by atoms with Crippen LogP contribution in [0.2, 0.25) is 0 Å². The molecular formula is C36H45N5O4. The quantitative estimate of drug-likeness (QED) is 0.122. The number of ketones is 1. The van der Waals surface area contributed by atoms with E-state index in [2.05, 4.69) is 46.3 Å². The molecule has 1 aromatic carbocycles. The molecular weight excluding hydrogens is 566 g/mol. The fraction of sp³-hybridized carbons (Fsp3) is 0.444. The van der Waals surface area contributed by atoms with Crippen LogP contribution in [0.3, 0.4) is 0 Å². The highest BCUT2D eigenvalue weighted by molar-refractivity contribution is 6.06. The number of Topliss-reactive ketones (excluding diaryl/α,β-unsaturated/α-hetero) is 1. The van der Waals surface area contributed by atoms with E-state index in [1.165, 1.54) is 0 Å². The van der Waals surface area contributed by atoms with Crippen LogP contribution in [0.15, 0.2) is 53.8 Å². The van der Waals surface area contributed by atoms with Crippen molar-refractivity contribution in [2.75, 3.05) is 31.0 Å². The standard InChI is InChI=1S/C31H37N5O4.C5H8/c1-5-19(2)34-20(3)24-7-6-8-26(31(24)38-4)35-27-15-29(33-17-25(27)30(37)21-9-10-21)36-28-12-11-22(16-32-28)40-23-13-14-39-18-23;1-3-5-4-2/h6-8,11-12,15-17,19,21,23H,5,9-10,13-14,18H2,1-4H3,(H2,32,33,35,36);3H2,1-2H3. The van der Waals surface area contributed by atoms with Crippen molar-refractivity contribution in [2.45, 2.75) is 78.9 Å². The number of ether oxygens (including phenoxy) is 3. The van der Waals surface area contributed by atoms with Gasteiger partial charge in [-0.15, -0.1) is 11.8 Å². The van der Waals surface area contributed by atoms with Crippen molar-refractivity contribution in [3.8, 4) is 23.3 Å². The molecule has 238 valence electrons. The molecule has 0 bridgehead atoms. The number of hydrogen-bond acceptors (Lipinski definition) is 9. The van der Waals surface area contributed by atoms with Crippen molar-refractivity contribution in [1.29, 1.82) is 0 Å². The SMILES string of the molecule is CC#CCC.CCC(C)N=C(C)c1cccc(Nc2cc(Nc3ccc(OC4CCOC4)cn3)ncc2C(=O)C2CC2)c1OC. The minimum Gasteiger partial charge on any atom is -0.494 e. The van der Waals surface area contributed by atoms with Crippen LogP contribution in [0.5, 0.6) is 11.5 Å². The molecule has 5 rings (SSSR count). The molecule has 0 amide bonds. The monoisotopic (exact) mass is 611 g/mol. The second kappa shape index (κ2) is 16.6. The molecule has 3 heterocycles. The summed E-state index contributed by atoms with van der Waals surface area (Å²) in [6.07, 6.45) is 8.02. The van der Waals surface area contributed by atoms with E-state index in [4.69, 9.17) is 19.2 Å². The van der Waals surface area contributed by atoms with Crippen molar-refractivity contribution in [3.63, 3.8) is 0 Å². The summed E-state index contributed by atoms with van der Waals surface area (Å²) in [5.74, 6) is 8.33. The number of nitrogens with one attached hydrogen (secondary N) is 2. The third-order valence-electron chi connectivity index (χ3n) is 7.54. The predicted molar refractivity (Wildman–Crippen MR) is 181 cm³/mol. The summed E-state index contributed by atoms with van der Waals surface area (Å²) in [5, 5.41) is 6.70. The first-order valence-electron chi connectivity index (χ1n) is 15.8. The third-order valence-corrected chi connectivity index (χ3v) is 7.54. The fourth-order valence-corrected chi connectivity index (χ4v) is 4.80. The lowest BCUT2D eigenvalue weighted by molar-refractivity contribution is 0.0968. The lowest BCUT2D eigenvalue weighted by Gasteiger charge is -2.18. The first-order chi connectivity index (χ1) is 21.9. The zero-order chi connectivity index (χ0) is 32.2. The fourth-order valence-electron chi connectivity index (χ4n) is 4.80. The van der Waals surface area contributed by atoms with Gasteiger partial charge in [-0.2, -0.15) is 0 Å². The number of rotatable bonds is 12. The number of methoxy groups -OCH3 is 1. The number of hydrogen-bond donors (Lipinski definition) is 2. The Morgan fingerprint density at radius 3 is 2.47 bits per heavy atom.